The zero-order chi connectivity index (χ0) is 23.5. The van der Waals surface area contributed by atoms with E-state index in [-0.39, 0.29) is 5.92 Å². The number of hydrogen-bond acceptors (Lipinski definition) is 5. The lowest BCUT2D eigenvalue weighted by Crippen LogP contribution is -2.50. The van der Waals surface area contributed by atoms with Gasteiger partial charge in [-0.3, -0.25) is 14.6 Å². The van der Waals surface area contributed by atoms with Crippen LogP contribution in [0.15, 0.2) is 42.6 Å². The molecule has 1 unspecified atom stereocenters. The Hall–Kier alpha value is -2.44. The van der Waals surface area contributed by atoms with Crippen molar-refractivity contribution in [1.29, 1.82) is 0 Å². The molecule has 1 aromatic heterocycles. The standard InChI is InChI=1S/C28H39N5O/c1-21(25-6-13-30-27(29)20-25)31-14-9-24(10-15-31)28(34)33-18-11-26(12-19-33)32-16-7-22-4-2-3-5-23(22)8-17-32/h2-6,13,20-21,24,26H,7-12,14-19H2,1H3,(H2,29,30). The maximum Gasteiger partial charge on any atom is 0.225 e. The summed E-state index contributed by atoms with van der Waals surface area (Å²) in [7, 11) is 0. The average Bonchev–Trinajstić information content (AvgIpc) is 3.11. The Bertz CT molecular complexity index is 951. The molecule has 0 saturated carbocycles. The van der Waals surface area contributed by atoms with Crippen molar-refractivity contribution in [2.75, 3.05) is 45.0 Å². The Kier molecular flexibility index (Phi) is 7.16. The SMILES string of the molecule is CC(c1ccnc(N)c1)N1CCC(C(=O)N2CCC(N3CCc4ccccc4CC3)CC2)CC1. The van der Waals surface area contributed by atoms with Gasteiger partial charge in [-0.2, -0.15) is 0 Å². The van der Waals surface area contributed by atoms with Crippen LogP contribution in [-0.4, -0.2) is 70.9 Å². The van der Waals surface area contributed by atoms with E-state index in [1.165, 1.54) is 16.7 Å². The number of piperidine rings is 2. The van der Waals surface area contributed by atoms with Crippen molar-refractivity contribution in [2.24, 2.45) is 5.92 Å². The van der Waals surface area contributed by atoms with Crippen LogP contribution in [0.25, 0.3) is 0 Å². The lowest BCUT2D eigenvalue weighted by molar-refractivity contribution is -0.138. The third-order valence-electron chi connectivity index (χ3n) is 8.46. The highest BCUT2D eigenvalue weighted by molar-refractivity contribution is 5.79. The number of amides is 1. The highest BCUT2D eigenvalue weighted by Crippen LogP contribution is 2.29. The number of carbonyl (C=O) groups excluding carboxylic acids is 1. The Balaban J connectivity index is 1.09. The number of rotatable bonds is 4. The third-order valence-corrected chi connectivity index (χ3v) is 8.46. The molecule has 34 heavy (non-hydrogen) atoms. The number of hydrogen-bond donors (Lipinski definition) is 1. The Labute approximate surface area is 204 Å². The summed E-state index contributed by atoms with van der Waals surface area (Å²) in [6.07, 6.45) is 8.22. The smallest absolute Gasteiger partial charge is 0.225 e. The van der Waals surface area contributed by atoms with Crippen molar-refractivity contribution in [3.05, 3.63) is 59.3 Å². The summed E-state index contributed by atoms with van der Waals surface area (Å²) in [4.78, 5) is 24.7. The van der Waals surface area contributed by atoms with Gasteiger partial charge in [0.25, 0.3) is 0 Å². The fraction of sp³-hybridized carbons (Fsp3) is 0.571. The first kappa shape index (κ1) is 23.3. The van der Waals surface area contributed by atoms with Gasteiger partial charge in [-0.25, -0.2) is 4.98 Å². The van der Waals surface area contributed by atoms with Crippen molar-refractivity contribution < 1.29 is 4.79 Å². The number of likely N-dealkylation sites (tertiary alicyclic amines) is 2. The average molecular weight is 462 g/mol. The van der Waals surface area contributed by atoms with Gasteiger partial charge < -0.3 is 10.6 Å². The zero-order valence-corrected chi connectivity index (χ0v) is 20.5. The summed E-state index contributed by atoms with van der Waals surface area (Å²) in [6.45, 7) is 8.28. The lowest BCUT2D eigenvalue weighted by atomic mass is 9.92. The maximum atomic E-state index is 13.3. The first-order chi connectivity index (χ1) is 16.6. The Morgan fingerprint density at radius 1 is 0.941 bits per heavy atom. The summed E-state index contributed by atoms with van der Waals surface area (Å²) in [5.74, 6) is 1.14. The summed E-state index contributed by atoms with van der Waals surface area (Å²) >= 11 is 0. The first-order valence-electron chi connectivity index (χ1n) is 13.1. The van der Waals surface area contributed by atoms with Crippen LogP contribution in [0.2, 0.25) is 0 Å². The van der Waals surface area contributed by atoms with E-state index in [0.29, 0.717) is 23.8 Å². The van der Waals surface area contributed by atoms with E-state index < -0.39 is 0 Å². The van der Waals surface area contributed by atoms with E-state index in [4.69, 9.17) is 5.73 Å². The topological polar surface area (TPSA) is 65.7 Å². The molecule has 3 aliphatic heterocycles. The fourth-order valence-electron chi connectivity index (χ4n) is 6.23. The van der Waals surface area contributed by atoms with Gasteiger partial charge in [0.1, 0.15) is 5.82 Å². The van der Waals surface area contributed by atoms with Gasteiger partial charge in [-0.05, 0) is 87.4 Å². The molecule has 4 heterocycles. The van der Waals surface area contributed by atoms with E-state index in [9.17, 15) is 4.79 Å². The third kappa shape index (κ3) is 5.13. The van der Waals surface area contributed by atoms with Gasteiger partial charge in [0, 0.05) is 50.4 Å². The van der Waals surface area contributed by atoms with E-state index >= 15 is 0 Å². The number of benzene rings is 1. The van der Waals surface area contributed by atoms with E-state index in [1.807, 2.05) is 12.1 Å². The van der Waals surface area contributed by atoms with Gasteiger partial charge in [-0.15, -0.1) is 0 Å². The second-order valence-corrected chi connectivity index (χ2v) is 10.4. The first-order valence-corrected chi connectivity index (χ1v) is 13.1. The van der Waals surface area contributed by atoms with Crippen LogP contribution in [0, 0.1) is 5.92 Å². The molecule has 2 saturated heterocycles. The summed E-state index contributed by atoms with van der Waals surface area (Å²) < 4.78 is 0. The van der Waals surface area contributed by atoms with E-state index in [2.05, 4.69) is 50.9 Å². The van der Waals surface area contributed by atoms with Gasteiger partial charge in [0.15, 0.2) is 0 Å². The molecule has 2 aromatic rings. The number of nitrogens with zero attached hydrogens (tertiary/aromatic N) is 4. The molecule has 0 spiro atoms. The normalized spacial score (nSPS) is 22.2. The summed E-state index contributed by atoms with van der Waals surface area (Å²) in [5.41, 5.74) is 10.1. The minimum atomic E-state index is 0.176. The number of anilines is 1. The molecule has 1 atom stereocenters. The summed E-state index contributed by atoms with van der Waals surface area (Å²) in [6, 6.07) is 13.8. The Morgan fingerprint density at radius 2 is 1.59 bits per heavy atom. The molecule has 6 heteroatoms. The number of pyridine rings is 1. The van der Waals surface area contributed by atoms with Crippen LogP contribution in [0.3, 0.4) is 0 Å². The second kappa shape index (κ2) is 10.4. The molecule has 1 amide bonds. The molecule has 1 aromatic carbocycles. The molecule has 0 bridgehead atoms. The molecule has 0 aliphatic carbocycles. The number of carbonyl (C=O) groups is 1. The molecule has 0 radical (unpaired) electrons. The van der Waals surface area contributed by atoms with Gasteiger partial charge in [0.2, 0.25) is 5.91 Å². The van der Waals surface area contributed by atoms with Gasteiger partial charge >= 0.3 is 0 Å². The summed E-state index contributed by atoms with van der Waals surface area (Å²) in [5, 5.41) is 0. The molecule has 2 N–H and O–H groups in total. The lowest BCUT2D eigenvalue weighted by Gasteiger charge is -2.41. The maximum absolute atomic E-state index is 13.3. The van der Waals surface area contributed by atoms with Crippen molar-refractivity contribution in [1.82, 2.24) is 19.7 Å². The van der Waals surface area contributed by atoms with Crippen LogP contribution < -0.4 is 5.73 Å². The number of fused-ring (bicyclic) bond motifs is 1. The highest BCUT2D eigenvalue weighted by Gasteiger charge is 2.33. The van der Waals surface area contributed by atoms with Crippen LogP contribution >= 0.6 is 0 Å². The van der Waals surface area contributed by atoms with Crippen molar-refractivity contribution in [2.45, 2.75) is 57.5 Å². The molecule has 3 aliphatic rings. The van der Waals surface area contributed by atoms with E-state index in [1.54, 1.807) is 6.20 Å². The van der Waals surface area contributed by atoms with Crippen LogP contribution in [-0.2, 0) is 17.6 Å². The monoisotopic (exact) mass is 461 g/mol. The quantitative estimate of drug-likeness (QED) is 0.755. The molecule has 2 fully saturated rings. The van der Waals surface area contributed by atoms with E-state index in [0.717, 1.165) is 77.8 Å². The fourth-order valence-corrected chi connectivity index (χ4v) is 6.23. The van der Waals surface area contributed by atoms with Gasteiger partial charge in [-0.1, -0.05) is 24.3 Å². The van der Waals surface area contributed by atoms with Crippen molar-refractivity contribution in [3.63, 3.8) is 0 Å². The van der Waals surface area contributed by atoms with Crippen LogP contribution in [0.1, 0.15) is 55.3 Å². The minimum absolute atomic E-state index is 0.176. The molecular weight excluding hydrogens is 422 g/mol. The van der Waals surface area contributed by atoms with Gasteiger partial charge in [0.05, 0.1) is 0 Å². The molecule has 6 nitrogen and oxygen atoms in total. The molecule has 5 rings (SSSR count). The number of aromatic nitrogens is 1. The molecule has 182 valence electrons. The minimum Gasteiger partial charge on any atom is -0.384 e. The second-order valence-electron chi connectivity index (χ2n) is 10.4. The number of nitrogens with two attached hydrogens (primary N) is 1. The zero-order valence-electron chi connectivity index (χ0n) is 20.5. The largest absolute Gasteiger partial charge is 0.384 e. The van der Waals surface area contributed by atoms with Crippen molar-refractivity contribution in [3.8, 4) is 0 Å². The molecular formula is C28H39N5O. The van der Waals surface area contributed by atoms with Crippen LogP contribution in [0.5, 0.6) is 0 Å². The Morgan fingerprint density at radius 3 is 2.21 bits per heavy atom. The highest BCUT2D eigenvalue weighted by atomic mass is 16.2. The van der Waals surface area contributed by atoms with Crippen LogP contribution in [0.4, 0.5) is 5.82 Å². The van der Waals surface area contributed by atoms with Crippen molar-refractivity contribution >= 4 is 11.7 Å². The number of nitrogen functional groups attached to an aromatic ring is 1. The predicted molar refractivity (Wildman–Crippen MR) is 136 cm³/mol. The predicted octanol–water partition coefficient (Wildman–Crippen LogP) is 3.53.